The number of carbonyl (C=O) groups excluding carboxylic acids is 1. The van der Waals surface area contributed by atoms with Gasteiger partial charge in [-0.2, -0.15) is 5.10 Å². The average molecular weight is 249 g/mol. The van der Waals surface area contributed by atoms with E-state index in [0.717, 1.165) is 16.8 Å². The number of aryl methyl sites for hydroxylation is 1. The first-order chi connectivity index (χ1) is 8.72. The highest BCUT2D eigenvalue weighted by atomic mass is 16.5. The zero-order valence-corrected chi connectivity index (χ0v) is 10.3. The number of hydrogen-bond donors (Lipinski definition) is 2. The lowest BCUT2D eigenvalue weighted by molar-refractivity contribution is 0.0563. The Labute approximate surface area is 104 Å². The van der Waals surface area contributed by atoms with E-state index < -0.39 is 5.97 Å². The minimum Gasteiger partial charge on any atom is -0.463 e. The molecular weight excluding hydrogens is 234 g/mol. The van der Waals surface area contributed by atoms with E-state index in [9.17, 15) is 4.79 Å². The summed E-state index contributed by atoms with van der Waals surface area (Å²) in [5.74, 6) is -0.217. The van der Waals surface area contributed by atoms with Crippen LogP contribution in [0.4, 0.5) is 0 Å². The lowest BCUT2D eigenvalue weighted by Crippen LogP contribution is -2.15. The zero-order valence-electron chi connectivity index (χ0n) is 10.3. The van der Waals surface area contributed by atoms with Crippen molar-refractivity contribution in [3.05, 3.63) is 41.1 Å². The van der Waals surface area contributed by atoms with Gasteiger partial charge in [0.25, 0.3) is 0 Å². The second-order valence-electron chi connectivity index (χ2n) is 3.89. The van der Waals surface area contributed by atoms with Crippen molar-refractivity contribution in [3.8, 4) is 0 Å². The maximum Gasteiger partial charge on any atom is 0.374 e. The fourth-order valence-electron chi connectivity index (χ4n) is 1.63. The summed E-state index contributed by atoms with van der Waals surface area (Å²) >= 11 is 0. The van der Waals surface area contributed by atoms with Crippen LogP contribution in [0.1, 0.15) is 27.4 Å². The number of methoxy groups -OCH3 is 1. The van der Waals surface area contributed by atoms with E-state index in [2.05, 4.69) is 20.3 Å². The van der Waals surface area contributed by atoms with Crippen LogP contribution >= 0.6 is 0 Å². The molecule has 0 bridgehead atoms. The van der Waals surface area contributed by atoms with E-state index in [0.29, 0.717) is 13.1 Å². The molecule has 0 radical (unpaired) electrons. The van der Waals surface area contributed by atoms with Crippen molar-refractivity contribution in [2.24, 2.45) is 0 Å². The standard InChI is InChI=1S/C12H15N3O3/c1-8-10(7-14-15-8)6-13-5-9-3-4-18-11(9)12(16)17-2/h3-4,7,13H,5-6H2,1-2H3,(H,14,15). The highest BCUT2D eigenvalue weighted by Gasteiger charge is 2.15. The molecule has 2 aromatic heterocycles. The number of aromatic amines is 1. The van der Waals surface area contributed by atoms with E-state index >= 15 is 0 Å². The maximum absolute atomic E-state index is 11.4. The zero-order chi connectivity index (χ0) is 13.0. The molecule has 96 valence electrons. The van der Waals surface area contributed by atoms with Crippen LogP contribution in [0.15, 0.2) is 22.9 Å². The second kappa shape index (κ2) is 5.50. The van der Waals surface area contributed by atoms with Crippen molar-refractivity contribution in [2.45, 2.75) is 20.0 Å². The summed E-state index contributed by atoms with van der Waals surface area (Å²) in [5, 5.41) is 10.0. The van der Waals surface area contributed by atoms with E-state index in [1.807, 2.05) is 6.92 Å². The second-order valence-corrected chi connectivity index (χ2v) is 3.89. The summed E-state index contributed by atoms with van der Waals surface area (Å²) in [4.78, 5) is 11.4. The van der Waals surface area contributed by atoms with E-state index in [4.69, 9.17) is 4.42 Å². The Morgan fingerprint density at radius 2 is 2.28 bits per heavy atom. The molecule has 0 saturated carbocycles. The maximum atomic E-state index is 11.4. The molecule has 0 aromatic carbocycles. The van der Waals surface area contributed by atoms with Crippen LogP contribution in [0.5, 0.6) is 0 Å². The third-order valence-electron chi connectivity index (χ3n) is 2.68. The minimum absolute atomic E-state index is 0.244. The lowest BCUT2D eigenvalue weighted by atomic mass is 10.2. The molecule has 2 N–H and O–H groups in total. The third kappa shape index (κ3) is 2.60. The molecule has 6 nitrogen and oxygen atoms in total. The highest BCUT2D eigenvalue weighted by Crippen LogP contribution is 2.12. The quantitative estimate of drug-likeness (QED) is 0.783. The van der Waals surface area contributed by atoms with Crippen molar-refractivity contribution in [1.29, 1.82) is 0 Å². The number of aromatic nitrogens is 2. The Morgan fingerprint density at radius 3 is 2.94 bits per heavy atom. The molecule has 0 aliphatic rings. The molecule has 2 rings (SSSR count). The van der Waals surface area contributed by atoms with Crippen molar-refractivity contribution < 1.29 is 13.9 Å². The first kappa shape index (κ1) is 12.4. The molecule has 0 unspecified atom stereocenters. The van der Waals surface area contributed by atoms with Crippen molar-refractivity contribution in [2.75, 3.05) is 7.11 Å². The van der Waals surface area contributed by atoms with Gasteiger partial charge in [-0.05, 0) is 13.0 Å². The van der Waals surface area contributed by atoms with Crippen LogP contribution in [-0.4, -0.2) is 23.3 Å². The monoisotopic (exact) mass is 249 g/mol. The predicted molar refractivity (Wildman–Crippen MR) is 63.9 cm³/mol. The van der Waals surface area contributed by atoms with Gasteiger partial charge in [0.15, 0.2) is 0 Å². The van der Waals surface area contributed by atoms with Crippen LogP contribution in [0.3, 0.4) is 0 Å². The Morgan fingerprint density at radius 1 is 1.50 bits per heavy atom. The third-order valence-corrected chi connectivity index (χ3v) is 2.68. The summed E-state index contributed by atoms with van der Waals surface area (Å²) in [5.41, 5.74) is 2.91. The molecule has 2 heterocycles. The Balaban J connectivity index is 1.93. The number of nitrogens with one attached hydrogen (secondary N) is 2. The van der Waals surface area contributed by atoms with Gasteiger partial charge in [-0.3, -0.25) is 5.10 Å². The molecule has 6 heteroatoms. The average Bonchev–Trinajstić information content (AvgIpc) is 2.98. The predicted octanol–water partition coefficient (Wildman–Crippen LogP) is 1.39. The van der Waals surface area contributed by atoms with Gasteiger partial charge in [-0.1, -0.05) is 0 Å². The SMILES string of the molecule is COC(=O)c1occc1CNCc1cn[nH]c1C. The minimum atomic E-state index is -0.462. The van der Waals surface area contributed by atoms with Gasteiger partial charge in [0.1, 0.15) is 0 Å². The molecule has 0 aliphatic heterocycles. The highest BCUT2D eigenvalue weighted by molar-refractivity contribution is 5.87. The lowest BCUT2D eigenvalue weighted by Gasteiger charge is -2.03. The Hall–Kier alpha value is -2.08. The number of H-pyrrole nitrogens is 1. The molecule has 0 amide bonds. The van der Waals surface area contributed by atoms with Gasteiger partial charge in [-0.25, -0.2) is 4.79 Å². The van der Waals surface area contributed by atoms with Crippen LogP contribution in [0, 0.1) is 6.92 Å². The number of hydrogen-bond acceptors (Lipinski definition) is 5. The van der Waals surface area contributed by atoms with Crippen LogP contribution in [0.25, 0.3) is 0 Å². The van der Waals surface area contributed by atoms with Crippen LogP contribution in [0.2, 0.25) is 0 Å². The van der Waals surface area contributed by atoms with E-state index in [1.54, 1.807) is 12.3 Å². The number of esters is 1. The fraction of sp³-hybridized carbons (Fsp3) is 0.333. The fourth-order valence-corrected chi connectivity index (χ4v) is 1.63. The Kier molecular flexibility index (Phi) is 3.78. The van der Waals surface area contributed by atoms with Gasteiger partial charge in [0.05, 0.1) is 19.6 Å². The molecule has 2 aromatic rings. The van der Waals surface area contributed by atoms with Crippen molar-refractivity contribution in [1.82, 2.24) is 15.5 Å². The molecule has 0 fully saturated rings. The van der Waals surface area contributed by atoms with E-state index in [-0.39, 0.29) is 5.76 Å². The first-order valence-electron chi connectivity index (χ1n) is 5.56. The molecular formula is C12H15N3O3. The molecule has 0 atom stereocenters. The first-order valence-corrected chi connectivity index (χ1v) is 5.56. The number of nitrogens with zero attached hydrogens (tertiary/aromatic N) is 1. The normalized spacial score (nSPS) is 10.6. The van der Waals surface area contributed by atoms with Crippen LogP contribution < -0.4 is 5.32 Å². The largest absolute Gasteiger partial charge is 0.463 e. The topological polar surface area (TPSA) is 80.2 Å². The number of furan rings is 1. The smallest absolute Gasteiger partial charge is 0.374 e. The van der Waals surface area contributed by atoms with Gasteiger partial charge in [0, 0.05) is 29.9 Å². The van der Waals surface area contributed by atoms with Gasteiger partial charge in [0.2, 0.25) is 5.76 Å². The Bertz CT molecular complexity index is 530. The van der Waals surface area contributed by atoms with E-state index in [1.165, 1.54) is 13.4 Å². The summed E-state index contributed by atoms with van der Waals surface area (Å²) in [6, 6.07) is 1.75. The van der Waals surface area contributed by atoms with Gasteiger partial charge < -0.3 is 14.5 Å². The van der Waals surface area contributed by atoms with Crippen LogP contribution in [-0.2, 0) is 17.8 Å². The molecule has 0 saturated heterocycles. The van der Waals surface area contributed by atoms with Crippen molar-refractivity contribution in [3.63, 3.8) is 0 Å². The molecule has 18 heavy (non-hydrogen) atoms. The number of carbonyl (C=O) groups is 1. The summed E-state index contributed by atoms with van der Waals surface area (Å²) in [6.45, 7) is 3.17. The summed E-state index contributed by atoms with van der Waals surface area (Å²) in [7, 11) is 1.33. The molecule has 0 spiro atoms. The number of ether oxygens (including phenoxy) is 1. The summed E-state index contributed by atoms with van der Waals surface area (Å²) in [6.07, 6.45) is 3.26. The van der Waals surface area contributed by atoms with Gasteiger partial charge >= 0.3 is 5.97 Å². The van der Waals surface area contributed by atoms with Gasteiger partial charge in [-0.15, -0.1) is 0 Å². The van der Waals surface area contributed by atoms with Crippen molar-refractivity contribution >= 4 is 5.97 Å². The molecule has 0 aliphatic carbocycles. The summed E-state index contributed by atoms with van der Waals surface area (Å²) < 4.78 is 9.73. The number of rotatable bonds is 5.